The second kappa shape index (κ2) is 8.26. The number of ether oxygens (including phenoxy) is 1. The van der Waals surface area contributed by atoms with Crippen molar-refractivity contribution in [2.45, 2.75) is 19.1 Å². The number of nitrogens with zero attached hydrogens (tertiary/aromatic N) is 6. The fourth-order valence-corrected chi connectivity index (χ4v) is 3.13. The van der Waals surface area contributed by atoms with Crippen LogP contribution in [0.3, 0.4) is 0 Å². The van der Waals surface area contributed by atoms with Crippen LogP contribution in [-0.4, -0.2) is 69.9 Å². The molecule has 1 aliphatic rings. The predicted molar refractivity (Wildman–Crippen MR) is 95.8 cm³/mol. The van der Waals surface area contributed by atoms with Gasteiger partial charge >= 0.3 is 0 Å². The van der Waals surface area contributed by atoms with Crippen LogP contribution < -0.4 is 10.5 Å². The summed E-state index contributed by atoms with van der Waals surface area (Å²) in [5.74, 6) is 0.464. The molecule has 136 valence electrons. The number of rotatable bonds is 7. The number of anilines is 1. The molecule has 3 rings (SSSR count). The molecule has 1 aliphatic heterocycles. The highest BCUT2D eigenvalue weighted by Crippen LogP contribution is 2.10. The Morgan fingerprint density at radius 3 is 3.00 bits per heavy atom. The lowest BCUT2D eigenvalue weighted by molar-refractivity contribution is -0.0240. The van der Waals surface area contributed by atoms with E-state index in [2.05, 4.69) is 19.4 Å². The molecule has 1 atom stereocenters. The lowest BCUT2D eigenvalue weighted by Gasteiger charge is -2.35. The van der Waals surface area contributed by atoms with E-state index < -0.39 is 0 Å². The Bertz CT molecular complexity index is 714. The van der Waals surface area contributed by atoms with Crippen LogP contribution in [0.1, 0.15) is 6.42 Å². The highest BCUT2D eigenvalue weighted by molar-refractivity contribution is 5.34. The van der Waals surface area contributed by atoms with Crippen LogP contribution >= 0.6 is 0 Å². The summed E-state index contributed by atoms with van der Waals surface area (Å²) in [6.45, 7) is 5.23. The van der Waals surface area contributed by atoms with Gasteiger partial charge in [-0.05, 0) is 6.42 Å². The Labute approximate surface area is 147 Å². The molecule has 0 unspecified atom stereocenters. The first-order valence-electron chi connectivity index (χ1n) is 8.66. The van der Waals surface area contributed by atoms with Crippen molar-refractivity contribution in [3.8, 4) is 0 Å². The maximum absolute atomic E-state index is 12.2. The molecule has 1 fully saturated rings. The van der Waals surface area contributed by atoms with E-state index >= 15 is 0 Å². The summed E-state index contributed by atoms with van der Waals surface area (Å²) in [7, 11) is 3.63. The molecule has 0 bridgehead atoms. The summed E-state index contributed by atoms with van der Waals surface area (Å²) >= 11 is 0. The molecule has 0 aliphatic carbocycles. The lowest BCUT2D eigenvalue weighted by Crippen LogP contribution is -2.48. The fraction of sp³-hybridized carbons (Fsp3) is 0.588. The summed E-state index contributed by atoms with van der Waals surface area (Å²) < 4.78 is 9.53. The third-order valence-corrected chi connectivity index (χ3v) is 4.51. The zero-order valence-corrected chi connectivity index (χ0v) is 14.9. The standard InChI is InChI=1S/C17H26N6O2/c1-20-8-5-19-16(17(20)24)21(2)12-15-13-22(10-11-25-15)6-3-7-23-9-4-18-14-23/h4-5,8-9,14-15H,3,6-7,10-13H2,1-2H3/t15-/m1/s1. The van der Waals surface area contributed by atoms with Crippen molar-refractivity contribution in [3.05, 3.63) is 41.5 Å². The van der Waals surface area contributed by atoms with E-state index in [1.807, 2.05) is 30.7 Å². The molecule has 3 heterocycles. The SMILES string of the molecule is CN(C[C@@H]1CN(CCCn2ccnc2)CCO1)c1nccn(C)c1=O. The first-order chi connectivity index (χ1) is 12.1. The maximum Gasteiger partial charge on any atom is 0.293 e. The van der Waals surface area contributed by atoms with Crippen molar-refractivity contribution in [2.24, 2.45) is 7.05 Å². The highest BCUT2D eigenvalue weighted by Gasteiger charge is 2.22. The van der Waals surface area contributed by atoms with E-state index in [4.69, 9.17) is 4.74 Å². The number of imidazole rings is 1. The molecular formula is C17H26N6O2. The van der Waals surface area contributed by atoms with Gasteiger partial charge in [0.25, 0.3) is 5.56 Å². The molecule has 2 aromatic rings. The van der Waals surface area contributed by atoms with E-state index in [0.717, 1.165) is 39.2 Å². The minimum Gasteiger partial charge on any atom is -0.374 e. The average molecular weight is 346 g/mol. The Morgan fingerprint density at radius 1 is 1.32 bits per heavy atom. The minimum absolute atomic E-state index is 0.0821. The molecule has 8 heteroatoms. The van der Waals surface area contributed by atoms with Crippen LogP contribution in [0.4, 0.5) is 5.82 Å². The largest absolute Gasteiger partial charge is 0.374 e. The highest BCUT2D eigenvalue weighted by atomic mass is 16.5. The van der Waals surface area contributed by atoms with Crippen LogP contribution in [0.5, 0.6) is 0 Å². The van der Waals surface area contributed by atoms with Crippen LogP contribution in [0.15, 0.2) is 35.9 Å². The summed E-state index contributed by atoms with van der Waals surface area (Å²) in [6.07, 6.45) is 10.1. The van der Waals surface area contributed by atoms with Crippen LogP contribution in [0.25, 0.3) is 0 Å². The van der Waals surface area contributed by atoms with Crippen molar-refractivity contribution >= 4 is 5.82 Å². The molecule has 0 radical (unpaired) electrons. The Hall–Kier alpha value is -2.19. The van der Waals surface area contributed by atoms with Crippen LogP contribution in [-0.2, 0) is 18.3 Å². The van der Waals surface area contributed by atoms with Crippen LogP contribution in [0, 0.1) is 0 Å². The van der Waals surface area contributed by atoms with E-state index in [1.165, 1.54) is 0 Å². The second-order valence-electron chi connectivity index (χ2n) is 6.49. The first-order valence-corrected chi connectivity index (χ1v) is 8.66. The van der Waals surface area contributed by atoms with Gasteiger partial charge in [0.15, 0.2) is 5.82 Å². The zero-order chi connectivity index (χ0) is 17.6. The zero-order valence-electron chi connectivity index (χ0n) is 14.9. The van der Waals surface area contributed by atoms with E-state index in [-0.39, 0.29) is 11.7 Å². The number of morpholine rings is 1. The number of likely N-dealkylation sites (N-methyl/N-ethyl adjacent to an activating group) is 1. The van der Waals surface area contributed by atoms with Gasteiger partial charge in [-0.15, -0.1) is 0 Å². The van der Waals surface area contributed by atoms with Crippen molar-refractivity contribution in [3.63, 3.8) is 0 Å². The predicted octanol–water partition coefficient (Wildman–Crippen LogP) is 0.204. The second-order valence-corrected chi connectivity index (χ2v) is 6.49. The topological polar surface area (TPSA) is 68.4 Å². The normalized spacial score (nSPS) is 18.4. The third kappa shape index (κ3) is 4.67. The Balaban J connectivity index is 1.49. The third-order valence-electron chi connectivity index (χ3n) is 4.51. The summed E-state index contributed by atoms with van der Waals surface area (Å²) in [6, 6.07) is 0. The van der Waals surface area contributed by atoms with Gasteiger partial charge in [0.05, 0.1) is 19.0 Å². The van der Waals surface area contributed by atoms with Crippen molar-refractivity contribution in [1.82, 2.24) is 24.0 Å². The number of hydrogen-bond acceptors (Lipinski definition) is 6. The Kier molecular flexibility index (Phi) is 5.83. The van der Waals surface area contributed by atoms with Gasteiger partial charge in [-0.2, -0.15) is 0 Å². The van der Waals surface area contributed by atoms with Gasteiger partial charge in [-0.1, -0.05) is 0 Å². The van der Waals surface area contributed by atoms with Crippen LogP contribution in [0.2, 0.25) is 0 Å². The molecule has 2 aromatic heterocycles. The van der Waals surface area contributed by atoms with Crippen molar-refractivity contribution < 1.29 is 4.74 Å². The quantitative estimate of drug-likeness (QED) is 0.714. The molecule has 0 aromatic carbocycles. The number of aromatic nitrogens is 4. The van der Waals surface area contributed by atoms with Gasteiger partial charge in [-0.25, -0.2) is 9.97 Å². The summed E-state index contributed by atoms with van der Waals surface area (Å²) in [5.41, 5.74) is -0.0852. The van der Waals surface area contributed by atoms with Gasteiger partial charge < -0.3 is 18.8 Å². The molecule has 0 spiro atoms. The van der Waals surface area contributed by atoms with Crippen molar-refractivity contribution in [2.75, 3.05) is 44.7 Å². The van der Waals surface area contributed by atoms with E-state index in [0.29, 0.717) is 12.4 Å². The molecule has 0 N–H and O–H groups in total. The van der Waals surface area contributed by atoms with Gasteiger partial charge in [0.2, 0.25) is 0 Å². The molecule has 0 saturated carbocycles. The molecule has 0 amide bonds. The van der Waals surface area contributed by atoms with Gasteiger partial charge in [-0.3, -0.25) is 9.69 Å². The van der Waals surface area contributed by atoms with Gasteiger partial charge in [0, 0.05) is 71.6 Å². The average Bonchev–Trinajstić information content (AvgIpc) is 3.11. The smallest absolute Gasteiger partial charge is 0.293 e. The minimum atomic E-state index is -0.0852. The summed E-state index contributed by atoms with van der Waals surface area (Å²) in [5, 5.41) is 0. The summed E-state index contributed by atoms with van der Waals surface area (Å²) in [4.78, 5) is 24.8. The molecular weight excluding hydrogens is 320 g/mol. The fourth-order valence-electron chi connectivity index (χ4n) is 3.13. The number of hydrogen-bond donors (Lipinski definition) is 0. The molecule has 1 saturated heterocycles. The van der Waals surface area contributed by atoms with E-state index in [1.54, 1.807) is 24.0 Å². The number of aryl methyl sites for hydroxylation is 2. The molecule has 8 nitrogen and oxygen atoms in total. The maximum atomic E-state index is 12.2. The van der Waals surface area contributed by atoms with Crippen molar-refractivity contribution in [1.29, 1.82) is 0 Å². The Morgan fingerprint density at radius 2 is 2.20 bits per heavy atom. The molecule has 25 heavy (non-hydrogen) atoms. The van der Waals surface area contributed by atoms with E-state index in [9.17, 15) is 4.79 Å². The lowest BCUT2D eigenvalue weighted by atomic mass is 10.2. The monoisotopic (exact) mass is 346 g/mol. The first kappa shape index (κ1) is 17.6. The van der Waals surface area contributed by atoms with Gasteiger partial charge in [0.1, 0.15) is 0 Å².